The van der Waals surface area contributed by atoms with Crippen molar-refractivity contribution in [1.29, 1.82) is 0 Å². The second-order valence-corrected chi connectivity index (χ2v) is 12.6. The lowest BCUT2D eigenvalue weighted by Crippen LogP contribution is -2.52. The summed E-state index contributed by atoms with van der Waals surface area (Å²) in [4.78, 5) is 28.5. The number of sulfonamides is 1. The van der Waals surface area contributed by atoms with E-state index in [1.165, 1.54) is 17.0 Å². The summed E-state index contributed by atoms with van der Waals surface area (Å²) >= 11 is 12.5. The van der Waals surface area contributed by atoms with Gasteiger partial charge in [-0.05, 0) is 75.6 Å². The van der Waals surface area contributed by atoms with Crippen molar-refractivity contribution in [1.82, 2.24) is 10.2 Å². The Morgan fingerprint density at radius 2 is 1.57 bits per heavy atom. The summed E-state index contributed by atoms with van der Waals surface area (Å²) in [5.74, 6) is -0.922. The third-order valence-corrected chi connectivity index (χ3v) is 8.84. The van der Waals surface area contributed by atoms with Gasteiger partial charge in [0.1, 0.15) is 12.6 Å². The Labute approximate surface area is 247 Å². The van der Waals surface area contributed by atoms with Gasteiger partial charge in [0.2, 0.25) is 11.8 Å². The molecule has 0 bridgehead atoms. The van der Waals surface area contributed by atoms with Crippen molar-refractivity contribution in [2.24, 2.45) is 0 Å². The first kappa shape index (κ1) is 31.5. The zero-order valence-electron chi connectivity index (χ0n) is 23.3. The van der Waals surface area contributed by atoms with Crippen LogP contribution in [0.1, 0.15) is 44.4 Å². The van der Waals surface area contributed by atoms with E-state index in [0.29, 0.717) is 27.7 Å². The number of nitrogens with zero attached hydrogens (tertiary/aromatic N) is 2. The van der Waals surface area contributed by atoms with Crippen molar-refractivity contribution in [2.75, 3.05) is 10.8 Å². The molecule has 10 heteroatoms. The zero-order valence-corrected chi connectivity index (χ0v) is 25.6. The maximum atomic E-state index is 14.0. The lowest BCUT2D eigenvalue weighted by molar-refractivity contribution is -0.139. The second-order valence-electron chi connectivity index (χ2n) is 9.90. The SMILES string of the molecule is CCc1ccccc1N(CC(=O)N(Cc1ccc(Cl)cc1Cl)C(C)C(=O)NC(C)C)S(=O)(=O)c1ccc(C)cc1. The summed E-state index contributed by atoms with van der Waals surface area (Å²) in [5, 5.41) is 3.60. The Morgan fingerprint density at radius 1 is 0.925 bits per heavy atom. The van der Waals surface area contributed by atoms with Crippen LogP contribution in [-0.2, 0) is 32.6 Å². The van der Waals surface area contributed by atoms with Crippen molar-refractivity contribution in [3.63, 3.8) is 0 Å². The summed E-state index contributed by atoms with van der Waals surface area (Å²) < 4.78 is 29.1. The van der Waals surface area contributed by atoms with Gasteiger partial charge in [0.05, 0.1) is 10.6 Å². The van der Waals surface area contributed by atoms with Crippen molar-refractivity contribution in [2.45, 2.75) is 64.6 Å². The molecule has 0 aliphatic heterocycles. The first-order valence-corrected chi connectivity index (χ1v) is 15.3. The molecule has 0 saturated heterocycles. The number of anilines is 1. The number of rotatable bonds is 11. The highest BCUT2D eigenvalue weighted by Crippen LogP contribution is 2.29. The molecule has 1 unspecified atom stereocenters. The number of carbonyl (C=O) groups excluding carboxylic acids is 2. The topological polar surface area (TPSA) is 86.8 Å². The maximum absolute atomic E-state index is 14.0. The summed E-state index contributed by atoms with van der Waals surface area (Å²) in [6.45, 7) is 8.51. The summed E-state index contributed by atoms with van der Waals surface area (Å²) in [7, 11) is -4.14. The highest BCUT2D eigenvalue weighted by molar-refractivity contribution is 7.92. The fourth-order valence-electron chi connectivity index (χ4n) is 4.23. The van der Waals surface area contributed by atoms with Crippen LogP contribution in [0.25, 0.3) is 0 Å². The van der Waals surface area contributed by atoms with E-state index >= 15 is 0 Å². The van der Waals surface area contributed by atoms with Crippen LogP contribution < -0.4 is 9.62 Å². The molecule has 1 atom stereocenters. The van der Waals surface area contributed by atoms with Gasteiger partial charge in [-0.3, -0.25) is 13.9 Å². The average molecular weight is 605 g/mol. The normalized spacial score (nSPS) is 12.2. The number of halogens is 2. The third-order valence-electron chi connectivity index (χ3n) is 6.48. The lowest BCUT2D eigenvalue weighted by atomic mass is 10.1. The number of hydrogen-bond donors (Lipinski definition) is 1. The van der Waals surface area contributed by atoms with E-state index in [2.05, 4.69) is 5.32 Å². The molecule has 2 amide bonds. The molecule has 0 aromatic heterocycles. The number of benzene rings is 3. The minimum absolute atomic E-state index is 0.0185. The highest BCUT2D eigenvalue weighted by Gasteiger charge is 2.33. The molecule has 3 rings (SSSR count). The van der Waals surface area contributed by atoms with Crippen LogP contribution in [0.3, 0.4) is 0 Å². The molecule has 0 aliphatic rings. The molecule has 3 aromatic carbocycles. The van der Waals surface area contributed by atoms with Gasteiger partial charge in [0.25, 0.3) is 10.0 Å². The van der Waals surface area contributed by atoms with E-state index in [1.54, 1.807) is 49.4 Å². The van der Waals surface area contributed by atoms with E-state index in [-0.39, 0.29) is 23.4 Å². The van der Waals surface area contributed by atoms with Crippen LogP contribution in [0.15, 0.2) is 71.6 Å². The number of para-hydroxylation sites is 1. The fourth-order valence-corrected chi connectivity index (χ4v) is 6.15. The molecule has 214 valence electrons. The summed E-state index contributed by atoms with van der Waals surface area (Å²) in [6, 6.07) is 17.4. The molecule has 7 nitrogen and oxygen atoms in total. The third kappa shape index (κ3) is 7.56. The minimum atomic E-state index is -4.14. The van der Waals surface area contributed by atoms with Gasteiger partial charge >= 0.3 is 0 Å². The molecule has 3 aromatic rings. The van der Waals surface area contributed by atoms with Crippen LogP contribution >= 0.6 is 23.2 Å². The molecule has 0 fully saturated rings. The van der Waals surface area contributed by atoms with Crippen LogP contribution in [0.2, 0.25) is 10.0 Å². The molecule has 0 spiro atoms. The minimum Gasteiger partial charge on any atom is -0.352 e. The molecule has 0 radical (unpaired) electrons. The fraction of sp³-hybridized carbons (Fsp3) is 0.333. The van der Waals surface area contributed by atoms with Gasteiger partial charge in [0.15, 0.2) is 0 Å². The Bertz CT molecular complexity index is 1460. The number of amides is 2. The van der Waals surface area contributed by atoms with Crippen molar-refractivity contribution in [3.05, 3.63) is 93.5 Å². The average Bonchev–Trinajstić information content (AvgIpc) is 2.90. The first-order valence-electron chi connectivity index (χ1n) is 13.1. The number of hydrogen-bond acceptors (Lipinski definition) is 4. The number of nitrogens with one attached hydrogen (secondary N) is 1. The molecule has 0 heterocycles. The van der Waals surface area contributed by atoms with Crippen LogP contribution in [0.5, 0.6) is 0 Å². The van der Waals surface area contributed by atoms with E-state index in [1.807, 2.05) is 39.8 Å². The molecule has 40 heavy (non-hydrogen) atoms. The molecular weight excluding hydrogens is 569 g/mol. The summed E-state index contributed by atoms with van der Waals surface area (Å²) in [5.41, 5.74) is 2.66. The van der Waals surface area contributed by atoms with Crippen molar-refractivity contribution < 1.29 is 18.0 Å². The van der Waals surface area contributed by atoms with E-state index in [4.69, 9.17) is 23.2 Å². The monoisotopic (exact) mass is 603 g/mol. The van der Waals surface area contributed by atoms with Gasteiger partial charge in [0, 0.05) is 22.6 Å². The number of carbonyl (C=O) groups is 2. The van der Waals surface area contributed by atoms with Crippen molar-refractivity contribution in [3.8, 4) is 0 Å². The smallest absolute Gasteiger partial charge is 0.264 e. The van der Waals surface area contributed by atoms with E-state index < -0.39 is 28.5 Å². The molecule has 0 aliphatic carbocycles. The standard InChI is InChI=1S/C30H35Cl2N3O4S/c1-6-23-9-7-8-10-28(23)35(40(38,39)26-15-11-21(4)12-16-26)19-29(36)34(22(5)30(37)33-20(2)3)18-24-13-14-25(31)17-27(24)32/h7-17,20,22H,6,18-19H2,1-5H3,(H,33,37). The van der Waals surface area contributed by atoms with Crippen LogP contribution in [0, 0.1) is 6.92 Å². The molecule has 0 saturated carbocycles. The predicted molar refractivity (Wildman–Crippen MR) is 161 cm³/mol. The number of aryl methyl sites for hydroxylation is 2. The van der Waals surface area contributed by atoms with E-state index in [0.717, 1.165) is 15.4 Å². The van der Waals surface area contributed by atoms with Crippen LogP contribution in [-0.4, -0.2) is 43.8 Å². The summed E-state index contributed by atoms with van der Waals surface area (Å²) in [6.07, 6.45) is 0.557. The van der Waals surface area contributed by atoms with Gasteiger partial charge < -0.3 is 10.2 Å². The largest absolute Gasteiger partial charge is 0.352 e. The van der Waals surface area contributed by atoms with Crippen LogP contribution in [0.4, 0.5) is 5.69 Å². The quantitative estimate of drug-likeness (QED) is 0.291. The van der Waals surface area contributed by atoms with Crippen molar-refractivity contribution >= 4 is 50.7 Å². The molecular formula is C30H35Cl2N3O4S. The molecule has 1 N–H and O–H groups in total. The Kier molecular flexibility index (Phi) is 10.6. The highest BCUT2D eigenvalue weighted by atomic mass is 35.5. The van der Waals surface area contributed by atoms with E-state index in [9.17, 15) is 18.0 Å². The first-order chi connectivity index (χ1) is 18.8. The Morgan fingerprint density at radius 3 is 2.17 bits per heavy atom. The second kappa shape index (κ2) is 13.5. The van der Waals surface area contributed by atoms with Gasteiger partial charge in [-0.2, -0.15) is 0 Å². The Balaban J connectivity index is 2.09. The predicted octanol–water partition coefficient (Wildman–Crippen LogP) is 6.00. The zero-order chi connectivity index (χ0) is 29.6. The van der Waals surface area contributed by atoms with Gasteiger partial charge in [-0.25, -0.2) is 8.42 Å². The lowest BCUT2D eigenvalue weighted by Gasteiger charge is -2.33. The Hall–Kier alpha value is -3.07. The van der Waals surface area contributed by atoms with Gasteiger partial charge in [-0.1, -0.05) is 72.1 Å². The maximum Gasteiger partial charge on any atom is 0.264 e. The van der Waals surface area contributed by atoms with Gasteiger partial charge in [-0.15, -0.1) is 0 Å².